The lowest BCUT2D eigenvalue weighted by atomic mass is 10.0. The molecule has 0 bridgehead atoms. The summed E-state index contributed by atoms with van der Waals surface area (Å²) in [5, 5.41) is 3.45. The first-order valence-electron chi connectivity index (χ1n) is 7.91. The molecule has 1 saturated heterocycles. The first kappa shape index (κ1) is 15.0. The molecule has 0 saturated carbocycles. The first-order valence-corrected chi connectivity index (χ1v) is 7.91. The molecule has 0 aliphatic carbocycles. The molecular formula is C19H22FNO. The number of ether oxygens (including phenoxy) is 1. The zero-order chi connectivity index (χ0) is 15.4. The summed E-state index contributed by atoms with van der Waals surface area (Å²) in [6, 6.07) is 14.0. The van der Waals surface area contributed by atoms with Crippen LogP contribution < -0.4 is 10.1 Å². The molecule has 3 heteroatoms. The third kappa shape index (κ3) is 3.66. The Labute approximate surface area is 131 Å². The van der Waals surface area contributed by atoms with Gasteiger partial charge in [0.15, 0.2) is 11.6 Å². The van der Waals surface area contributed by atoms with Crippen LogP contribution in [-0.2, 0) is 13.0 Å². The molecule has 2 nitrogen and oxygen atoms in total. The van der Waals surface area contributed by atoms with Crippen molar-refractivity contribution in [1.82, 2.24) is 5.32 Å². The maximum Gasteiger partial charge on any atom is 0.165 e. The van der Waals surface area contributed by atoms with Crippen LogP contribution in [0, 0.1) is 12.7 Å². The van der Waals surface area contributed by atoms with E-state index >= 15 is 0 Å². The van der Waals surface area contributed by atoms with Gasteiger partial charge in [-0.2, -0.15) is 0 Å². The second kappa shape index (κ2) is 6.93. The van der Waals surface area contributed by atoms with Crippen LogP contribution in [0.25, 0.3) is 0 Å². The van der Waals surface area contributed by atoms with Crippen molar-refractivity contribution in [2.24, 2.45) is 0 Å². The van der Waals surface area contributed by atoms with E-state index in [1.54, 1.807) is 6.07 Å². The Morgan fingerprint density at radius 1 is 1.18 bits per heavy atom. The lowest BCUT2D eigenvalue weighted by Crippen LogP contribution is -2.23. The van der Waals surface area contributed by atoms with Crippen LogP contribution in [0.15, 0.2) is 42.5 Å². The largest absolute Gasteiger partial charge is 0.486 e. The Balaban J connectivity index is 1.69. The highest BCUT2D eigenvalue weighted by molar-refractivity contribution is 5.38. The molecule has 1 aliphatic rings. The van der Waals surface area contributed by atoms with Gasteiger partial charge in [-0.15, -0.1) is 0 Å². The Bertz CT molecular complexity index is 598. The van der Waals surface area contributed by atoms with Crippen LogP contribution in [0.2, 0.25) is 0 Å². The average Bonchev–Trinajstić information content (AvgIpc) is 3.00. The molecule has 2 aromatic rings. The molecule has 1 N–H and O–H groups in total. The van der Waals surface area contributed by atoms with E-state index in [1.165, 1.54) is 12.8 Å². The summed E-state index contributed by atoms with van der Waals surface area (Å²) in [5.74, 6) is 0.107. The molecule has 1 atom stereocenters. The fourth-order valence-corrected chi connectivity index (χ4v) is 3.05. The van der Waals surface area contributed by atoms with E-state index in [9.17, 15) is 4.39 Å². The van der Waals surface area contributed by atoms with E-state index in [0.717, 1.165) is 29.7 Å². The zero-order valence-electron chi connectivity index (χ0n) is 12.9. The van der Waals surface area contributed by atoms with Gasteiger partial charge < -0.3 is 10.1 Å². The number of benzene rings is 2. The Morgan fingerprint density at radius 3 is 2.68 bits per heavy atom. The quantitative estimate of drug-likeness (QED) is 0.901. The minimum Gasteiger partial charge on any atom is -0.486 e. The average molecular weight is 299 g/mol. The third-order valence-electron chi connectivity index (χ3n) is 4.16. The van der Waals surface area contributed by atoms with Crippen LogP contribution in [0.4, 0.5) is 4.39 Å². The summed E-state index contributed by atoms with van der Waals surface area (Å²) in [5.41, 5.74) is 2.95. The Hall–Kier alpha value is -1.87. The molecule has 0 radical (unpaired) electrons. The Morgan fingerprint density at radius 2 is 2.00 bits per heavy atom. The van der Waals surface area contributed by atoms with Gasteiger partial charge in [0.05, 0.1) is 0 Å². The van der Waals surface area contributed by atoms with Crippen molar-refractivity contribution in [2.45, 2.75) is 38.8 Å². The van der Waals surface area contributed by atoms with Crippen molar-refractivity contribution in [2.75, 3.05) is 6.54 Å². The molecule has 1 unspecified atom stereocenters. The minimum absolute atomic E-state index is 0.260. The van der Waals surface area contributed by atoms with Gasteiger partial charge in [-0.25, -0.2) is 4.39 Å². The summed E-state index contributed by atoms with van der Waals surface area (Å²) >= 11 is 0. The Kier molecular flexibility index (Phi) is 4.74. The standard InChI is InChI=1S/C19H22FNO/c1-14-10-16(11-17-8-5-9-21-17)12-18(20)19(14)22-13-15-6-3-2-4-7-15/h2-4,6-7,10,12,17,21H,5,8-9,11,13H2,1H3. The third-order valence-corrected chi connectivity index (χ3v) is 4.16. The monoisotopic (exact) mass is 299 g/mol. The summed E-state index contributed by atoms with van der Waals surface area (Å²) in [7, 11) is 0. The fourth-order valence-electron chi connectivity index (χ4n) is 3.05. The summed E-state index contributed by atoms with van der Waals surface area (Å²) in [6.07, 6.45) is 3.27. The lowest BCUT2D eigenvalue weighted by molar-refractivity contribution is 0.288. The SMILES string of the molecule is Cc1cc(CC2CCCN2)cc(F)c1OCc1ccccc1. The molecule has 0 amide bonds. The highest BCUT2D eigenvalue weighted by atomic mass is 19.1. The van der Waals surface area contributed by atoms with Crippen molar-refractivity contribution in [1.29, 1.82) is 0 Å². The van der Waals surface area contributed by atoms with Gasteiger partial charge in [0.1, 0.15) is 6.61 Å². The first-order chi connectivity index (χ1) is 10.7. The summed E-state index contributed by atoms with van der Waals surface area (Å²) in [4.78, 5) is 0. The second-order valence-electron chi connectivity index (χ2n) is 6.00. The molecule has 1 aliphatic heterocycles. The maximum absolute atomic E-state index is 14.3. The molecule has 3 rings (SSSR count). The van der Waals surface area contributed by atoms with Crippen molar-refractivity contribution in [3.8, 4) is 5.75 Å². The number of aryl methyl sites for hydroxylation is 1. The van der Waals surface area contributed by atoms with Gasteiger partial charge in [0.25, 0.3) is 0 Å². The molecule has 1 heterocycles. The topological polar surface area (TPSA) is 21.3 Å². The predicted octanol–water partition coefficient (Wildman–Crippen LogP) is 4.01. The normalized spacial score (nSPS) is 17.6. The molecule has 0 aromatic heterocycles. The number of hydrogen-bond donors (Lipinski definition) is 1. The maximum atomic E-state index is 14.3. The highest BCUT2D eigenvalue weighted by Crippen LogP contribution is 2.26. The van der Waals surface area contributed by atoms with Gasteiger partial charge >= 0.3 is 0 Å². The van der Waals surface area contributed by atoms with E-state index < -0.39 is 0 Å². The molecule has 1 fully saturated rings. The number of rotatable bonds is 5. The fraction of sp³-hybridized carbons (Fsp3) is 0.368. The van der Waals surface area contributed by atoms with Crippen LogP contribution in [-0.4, -0.2) is 12.6 Å². The van der Waals surface area contributed by atoms with Crippen molar-refractivity contribution < 1.29 is 9.13 Å². The highest BCUT2D eigenvalue weighted by Gasteiger charge is 2.16. The van der Waals surface area contributed by atoms with Gasteiger partial charge in [-0.05, 0) is 55.5 Å². The lowest BCUT2D eigenvalue weighted by Gasteiger charge is -2.14. The van der Waals surface area contributed by atoms with Gasteiger partial charge in [-0.3, -0.25) is 0 Å². The van der Waals surface area contributed by atoms with Crippen LogP contribution in [0.3, 0.4) is 0 Å². The van der Waals surface area contributed by atoms with Crippen molar-refractivity contribution in [3.63, 3.8) is 0 Å². The van der Waals surface area contributed by atoms with Crippen molar-refractivity contribution in [3.05, 3.63) is 65.0 Å². The number of hydrogen-bond acceptors (Lipinski definition) is 2. The minimum atomic E-state index is -0.260. The molecule has 0 spiro atoms. The smallest absolute Gasteiger partial charge is 0.165 e. The number of halogens is 1. The second-order valence-corrected chi connectivity index (χ2v) is 6.00. The van der Waals surface area contributed by atoms with Crippen LogP contribution in [0.5, 0.6) is 5.75 Å². The predicted molar refractivity (Wildman–Crippen MR) is 86.6 cm³/mol. The van der Waals surface area contributed by atoms with Gasteiger partial charge in [-0.1, -0.05) is 36.4 Å². The molecule has 2 aromatic carbocycles. The molecule has 116 valence electrons. The molecule has 22 heavy (non-hydrogen) atoms. The van der Waals surface area contributed by atoms with Gasteiger partial charge in [0.2, 0.25) is 0 Å². The van der Waals surface area contributed by atoms with Crippen LogP contribution >= 0.6 is 0 Å². The summed E-state index contributed by atoms with van der Waals surface area (Å²) < 4.78 is 20.0. The van der Waals surface area contributed by atoms with Crippen LogP contribution in [0.1, 0.15) is 29.5 Å². The van der Waals surface area contributed by atoms with Gasteiger partial charge in [0, 0.05) is 6.04 Å². The molecular weight excluding hydrogens is 277 g/mol. The van der Waals surface area contributed by atoms with E-state index in [2.05, 4.69) is 5.32 Å². The van der Waals surface area contributed by atoms with E-state index in [0.29, 0.717) is 18.4 Å². The summed E-state index contributed by atoms with van der Waals surface area (Å²) in [6.45, 7) is 3.38. The van der Waals surface area contributed by atoms with E-state index in [1.807, 2.05) is 43.3 Å². The number of nitrogens with one attached hydrogen (secondary N) is 1. The van der Waals surface area contributed by atoms with Crippen molar-refractivity contribution >= 4 is 0 Å². The van der Waals surface area contributed by atoms with E-state index in [-0.39, 0.29) is 5.82 Å². The zero-order valence-corrected chi connectivity index (χ0v) is 12.9. The van der Waals surface area contributed by atoms with E-state index in [4.69, 9.17) is 4.74 Å².